The molecule has 2 heterocycles. The third-order valence-electron chi connectivity index (χ3n) is 6.00. The molecule has 2 aromatic carbocycles. The average molecular weight is 472 g/mol. The summed E-state index contributed by atoms with van der Waals surface area (Å²) in [6, 6.07) is 6.16. The number of fused-ring (bicyclic) bond motifs is 2. The molecule has 0 saturated carbocycles. The Hall–Kier alpha value is -3.19. The van der Waals surface area contributed by atoms with Gasteiger partial charge in [-0.3, -0.25) is 9.59 Å². The summed E-state index contributed by atoms with van der Waals surface area (Å²) in [4.78, 5) is 28.8. The van der Waals surface area contributed by atoms with E-state index < -0.39 is 6.04 Å². The number of halogens is 1. The molecule has 0 N–H and O–H groups in total. The fourth-order valence-corrected chi connectivity index (χ4v) is 4.47. The van der Waals surface area contributed by atoms with E-state index in [-0.39, 0.29) is 22.7 Å². The molecule has 1 aliphatic rings. The molecule has 7 nitrogen and oxygen atoms in total. The summed E-state index contributed by atoms with van der Waals surface area (Å²) in [5.74, 6) is 1.05. The minimum absolute atomic E-state index is 0.0593. The molecule has 1 aromatic heterocycles. The number of benzene rings is 2. The summed E-state index contributed by atoms with van der Waals surface area (Å²) in [6.07, 6.45) is 1.67. The SMILES string of the molecule is CCCCN1C(=O)c2oc3cc(C)c(Cl)cc3c(=O)c2C1c1cc(OC)c(OC)c(OC)c1. The second-order valence-electron chi connectivity index (χ2n) is 7.98. The molecule has 1 amide bonds. The maximum atomic E-state index is 13.7. The van der Waals surface area contributed by atoms with Crippen molar-refractivity contribution in [3.8, 4) is 17.2 Å². The van der Waals surface area contributed by atoms with Crippen molar-refractivity contribution in [2.24, 2.45) is 0 Å². The lowest BCUT2D eigenvalue weighted by Crippen LogP contribution is -2.30. The number of hydrogen-bond donors (Lipinski definition) is 0. The number of unbranched alkanes of at least 4 members (excludes halogenated alkanes) is 1. The highest BCUT2D eigenvalue weighted by Gasteiger charge is 2.43. The maximum Gasteiger partial charge on any atom is 0.290 e. The topological polar surface area (TPSA) is 78.2 Å². The molecule has 1 unspecified atom stereocenters. The van der Waals surface area contributed by atoms with Crippen molar-refractivity contribution in [2.45, 2.75) is 32.7 Å². The van der Waals surface area contributed by atoms with Crippen molar-refractivity contribution in [1.29, 1.82) is 0 Å². The smallest absolute Gasteiger partial charge is 0.290 e. The first kappa shape index (κ1) is 23.0. The molecule has 174 valence electrons. The second kappa shape index (κ2) is 8.98. The standard InChI is InChI=1S/C25H26ClNO6/c1-6-7-8-27-21(14-10-18(30-3)23(32-5)19(11-14)31-4)20-22(28)15-12-16(26)13(2)9-17(15)33-24(20)25(27)29/h9-12,21H,6-8H2,1-5H3. The molecule has 0 spiro atoms. The zero-order valence-corrected chi connectivity index (χ0v) is 20.0. The summed E-state index contributed by atoms with van der Waals surface area (Å²) in [7, 11) is 4.57. The zero-order chi connectivity index (χ0) is 23.9. The van der Waals surface area contributed by atoms with Gasteiger partial charge in [0.1, 0.15) is 5.58 Å². The molecular formula is C25H26ClNO6. The predicted molar refractivity (Wildman–Crippen MR) is 126 cm³/mol. The summed E-state index contributed by atoms with van der Waals surface area (Å²) in [6.45, 7) is 4.34. The maximum absolute atomic E-state index is 13.7. The number of aryl methyl sites for hydroxylation is 1. The van der Waals surface area contributed by atoms with Crippen molar-refractivity contribution in [1.82, 2.24) is 4.90 Å². The van der Waals surface area contributed by atoms with Gasteiger partial charge in [0, 0.05) is 11.6 Å². The van der Waals surface area contributed by atoms with Gasteiger partial charge in [0.15, 0.2) is 16.9 Å². The minimum atomic E-state index is -0.659. The average Bonchev–Trinajstić information content (AvgIpc) is 3.09. The van der Waals surface area contributed by atoms with Crippen LogP contribution in [0.2, 0.25) is 5.02 Å². The molecule has 3 aromatic rings. The van der Waals surface area contributed by atoms with Crippen LogP contribution in [0.3, 0.4) is 0 Å². The number of carbonyl (C=O) groups is 1. The van der Waals surface area contributed by atoms with Crippen LogP contribution in [0.15, 0.2) is 33.5 Å². The van der Waals surface area contributed by atoms with E-state index in [1.54, 1.807) is 29.2 Å². The first-order valence-electron chi connectivity index (χ1n) is 10.7. The Kier molecular flexibility index (Phi) is 6.26. The monoisotopic (exact) mass is 471 g/mol. The first-order valence-corrected chi connectivity index (χ1v) is 11.1. The number of amides is 1. The third kappa shape index (κ3) is 3.70. The van der Waals surface area contributed by atoms with Crippen LogP contribution in [-0.4, -0.2) is 38.7 Å². The first-order chi connectivity index (χ1) is 15.9. The van der Waals surface area contributed by atoms with Crippen LogP contribution in [0, 0.1) is 6.92 Å². The molecule has 0 bridgehead atoms. The van der Waals surface area contributed by atoms with E-state index >= 15 is 0 Å². The fourth-order valence-electron chi connectivity index (χ4n) is 4.31. The van der Waals surface area contributed by atoms with Crippen molar-refractivity contribution in [2.75, 3.05) is 27.9 Å². The summed E-state index contributed by atoms with van der Waals surface area (Å²) in [5.41, 5.74) is 1.78. The Morgan fingerprint density at radius 1 is 1.03 bits per heavy atom. The van der Waals surface area contributed by atoms with Gasteiger partial charge in [0.25, 0.3) is 5.91 Å². The molecule has 0 aliphatic carbocycles. The molecular weight excluding hydrogens is 446 g/mol. The number of hydrogen-bond acceptors (Lipinski definition) is 6. The normalized spacial score (nSPS) is 15.2. The molecule has 0 fully saturated rings. The van der Waals surface area contributed by atoms with Crippen LogP contribution in [0.4, 0.5) is 0 Å². The highest BCUT2D eigenvalue weighted by atomic mass is 35.5. The Labute approximate surface area is 196 Å². The Balaban J connectivity index is 2.01. The lowest BCUT2D eigenvalue weighted by atomic mass is 9.97. The van der Waals surface area contributed by atoms with Crippen molar-refractivity contribution >= 4 is 28.5 Å². The largest absolute Gasteiger partial charge is 0.493 e. The number of ether oxygens (including phenoxy) is 3. The van der Waals surface area contributed by atoms with Gasteiger partial charge in [0.05, 0.1) is 38.3 Å². The van der Waals surface area contributed by atoms with E-state index in [2.05, 4.69) is 0 Å². The van der Waals surface area contributed by atoms with Crippen LogP contribution in [0.1, 0.15) is 53.1 Å². The number of rotatable bonds is 7. The van der Waals surface area contributed by atoms with Crippen LogP contribution < -0.4 is 19.6 Å². The third-order valence-corrected chi connectivity index (χ3v) is 6.41. The highest BCUT2D eigenvalue weighted by molar-refractivity contribution is 6.32. The molecule has 0 saturated heterocycles. The van der Waals surface area contributed by atoms with Crippen LogP contribution in [0.5, 0.6) is 17.2 Å². The fraction of sp³-hybridized carbons (Fsp3) is 0.360. The van der Waals surface area contributed by atoms with E-state index in [4.69, 9.17) is 30.2 Å². The second-order valence-corrected chi connectivity index (χ2v) is 8.39. The summed E-state index contributed by atoms with van der Waals surface area (Å²) >= 11 is 6.30. The Bertz CT molecular complexity index is 1270. The van der Waals surface area contributed by atoms with E-state index in [1.807, 2.05) is 13.8 Å². The minimum Gasteiger partial charge on any atom is -0.493 e. The van der Waals surface area contributed by atoms with Crippen molar-refractivity contribution < 1.29 is 23.4 Å². The molecule has 0 radical (unpaired) electrons. The van der Waals surface area contributed by atoms with Crippen LogP contribution in [0.25, 0.3) is 11.0 Å². The van der Waals surface area contributed by atoms with Gasteiger partial charge in [0.2, 0.25) is 11.5 Å². The van der Waals surface area contributed by atoms with Crippen LogP contribution in [-0.2, 0) is 0 Å². The predicted octanol–water partition coefficient (Wildman–Crippen LogP) is 5.13. The van der Waals surface area contributed by atoms with Crippen LogP contribution >= 0.6 is 11.6 Å². The van der Waals surface area contributed by atoms with Gasteiger partial charge in [-0.1, -0.05) is 24.9 Å². The highest BCUT2D eigenvalue weighted by Crippen LogP contribution is 2.45. The number of nitrogens with zero attached hydrogens (tertiary/aromatic N) is 1. The molecule has 4 rings (SSSR count). The van der Waals surface area contributed by atoms with Gasteiger partial charge < -0.3 is 23.5 Å². The van der Waals surface area contributed by atoms with Gasteiger partial charge in [-0.2, -0.15) is 0 Å². The molecule has 1 atom stereocenters. The van der Waals surface area contributed by atoms with E-state index in [9.17, 15) is 9.59 Å². The van der Waals surface area contributed by atoms with E-state index in [1.165, 1.54) is 21.3 Å². The van der Waals surface area contributed by atoms with E-state index in [0.29, 0.717) is 45.3 Å². The quantitative estimate of drug-likeness (QED) is 0.475. The van der Waals surface area contributed by atoms with Crippen molar-refractivity contribution in [3.63, 3.8) is 0 Å². The summed E-state index contributed by atoms with van der Waals surface area (Å²) in [5, 5.41) is 0.804. The number of carbonyl (C=O) groups excluding carboxylic acids is 1. The number of methoxy groups -OCH3 is 3. The van der Waals surface area contributed by atoms with Crippen molar-refractivity contribution in [3.05, 3.63) is 62.0 Å². The zero-order valence-electron chi connectivity index (χ0n) is 19.3. The lowest BCUT2D eigenvalue weighted by Gasteiger charge is -2.26. The van der Waals surface area contributed by atoms with Gasteiger partial charge >= 0.3 is 0 Å². The molecule has 8 heteroatoms. The lowest BCUT2D eigenvalue weighted by molar-refractivity contribution is 0.0725. The Morgan fingerprint density at radius 2 is 1.70 bits per heavy atom. The van der Waals surface area contributed by atoms with Gasteiger partial charge in [-0.15, -0.1) is 0 Å². The molecule has 33 heavy (non-hydrogen) atoms. The Morgan fingerprint density at radius 3 is 2.27 bits per heavy atom. The van der Waals surface area contributed by atoms with Gasteiger partial charge in [-0.25, -0.2) is 0 Å². The van der Waals surface area contributed by atoms with E-state index in [0.717, 1.165) is 18.4 Å². The summed E-state index contributed by atoms with van der Waals surface area (Å²) < 4.78 is 22.5. The molecule has 1 aliphatic heterocycles. The van der Waals surface area contributed by atoms with Gasteiger partial charge in [-0.05, 0) is 48.7 Å².